The molecule has 0 aliphatic carbocycles. The predicted octanol–water partition coefficient (Wildman–Crippen LogP) is 2.80. The van der Waals surface area contributed by atoms with Crippen molar-refractivity contribution in [3.8, 4) is 0 Å². The Balaban J connectivity index is 4.57. The van der Waals surface area contributed by atoms with Crippen molar-refractivity contribution in [2.24, 2.45) is 5.16 Å². The highest BCUT2D eigenvalue weighted by atomic mass is 35.5. The van der Waals surface area contributed by atoms with Crippen LogP contribution in [0.25, 0.3) is 0 Å². The van der Waals surface area contributed by atoms with E-state index in [1.54, 1.807) is 6.92 Å². The zero-order chi connectivity index (χ0) is 11.9. The summed E-state index contributed by atoms with van der Waals surface area (Å²) in [5, 5.41) is 2.76. The molecular formula is C6H12Cl2FN2O3P. The Hall–Kier alpha value is 0.130. The molecule has 0 aliphatic rings. The van der Waals surface area contributed by atoms with E-state index in [9.17, 15) is 8.96 Å². The number of nitrogens with zero attached hydrogens (tertiary/aromatic N) is 2. The van der Waals surface area contributed by atoms with Gasteiger partial charge in [0.2, 0.25) is 0 Å². The van der Waals surface area contributed by atoms with Crippen LogP contribution in [0.4, 0.5) is 4.39 Å². The van der Waals surface area contributed by atoms with E-state index < -0.39 is 13.2 Å². The van der Waals surface area contributed by atoms with Gasteiger partial charge in [0.05, 0.1) is 6.61 Å². The second kappa shape index (κ2) is 7.41. The zero-order valence-electron chi connectivity index (χ0n) is 8.32. The highest BCUT2D eigenvalue weighted by Gasteiger charge is 2.32. The van der Waals surface area contributed by atoms with Crippen LogP contribution in [0, 0.1) is 0 Å². The average molecular weight is 281 g/mol. The van der Waals surface area contributed by atoms with Gasteiger partial charge >= 0.3 is 13.2 Å². The number of rotatable bonds is 7. The van der Waals surface area contributed by atoms with E-state index in [-0.39, 0.29) is 19.0 Å². The molecular weight excluding hydrogens is 269 g/mol. The van der Waals surface area contributed by atoms with Gasteiger partial charge in [0.1, 0.15) is 0 Å². The second-order valence-electron chi connectivity index (χ2n) is 2.37. The van der Waals surface area contributed by atoms with Crippen LogP contribution in [0.2, 0.25) is 0 Å². The lowest BCUT2D eigenvalue weighted by molar-refractivity contribution is 0.176. The summed E-state index contributed by atoms with van der Waals surface area (Å²) in [7, 11) is -2.19. The summed E-state index contributed by atoms with van der Waals surface area (Å²) in [6, 6.07) is 0. The van der Waals surface area contributed by atoms with Crippen LogP contribution in [-0.4, -0.2) is 36.2 Å². The number of hydrogen-bond acceptors (Lipinski definition) is 4. The first-order chi connectivity index (χ1) is 6.96. The fraction of sp³-hybridized carbons (Fsp3) is 0.833. The first-order valence-electron chi connectivity index (χ1n) is 4.06. The fourth-order valence-electron chi connectivity index (χ4n) is 0.675. The Bertz CT molecular complexity index is 263. The zero-order valence-corrected chi connectivity index (χ0v) is 10.7. The third-order valence-corrected chi connectivity index (χ3v) is 3.48. The maximum atomic E-state index is 12.1. The lowest BCUT2D eigenvalue weighted by atomic mass is 10.8. The van der Waals surface area contributed by atoms with Crippen molar-refractivity contribution in [1.29, 1.82) is 0 Å². The molecule has 0 rings (SSSR count). The van der Waals surface area contributed by atoms with Gasteiger partial charge in [-0.3, -0.25) is 9.15 Å². The maximum Gasteiger partial charge on any atom is 0.481 e. The minimum absolute atomic E-state index is 0.128. The summed E-state index contributed by atoms with van der Waals surface area (Å²) in [4.78, 5) is 0. The molecule has 90 valence electrons. The first-order valence-corrected chi connectivity index (χ1v) is 6.47. The number of halogens is 3. The highest BCUT2D eigenvalue weighted by molar-refractivity contribution is 7.51. The van der Waals surface area contributed by atoms with Gasteiger partial charge in [-0.15, -0.1) is 11.6 Å². The smallest absolute Gasteiger partial charge is 0.297 e. The molecule has 0 spiro atoms. The molecule has 0 bridgehead atoms. The predicted molar refractivity (Wildman–Crippen MR) is 58.1 cm³/mol. The maximum absolute atomic E-state index is 12.1. The molecule has 5 nitrogen and oxygen atoms in total. The summed E-state index contributed by atoms with van der Waals surface area (Å²) in [5.74, 6) is 0.226. The van der Waals surface area contributed by atoms with Gasteiger partial charge in [0, 0.05) is 12.4 Å². The van der Waals surface area contributed by atoms with E-state index in [2.05, 4.69) is 9.78 Å². The number of alkyl halides is 1. The lowest BCUT2D eigenvalue weighted by Crippen LogP contribution is -2.20. The largest absolute Gasteiger partial charge is 0.481 e. The van der Waals surface area contributed by atoms with Crippen LogP contribution in [-0.2, 0) is 13.7 Å². The van der Waals surface area contributed by atoms with Crippen molar-refractivity contribution in [3.05, 3.63) is 0 Å². The number of hydrogen-bond donors (Lipinski definition) is 0. The minimum Gasteiger partial charge on any atom is -0.297 e. The number of oxime groups is 1. The summed E-state index contributed by atoms with van der Waals surface area (Å²) in [6.45, 7) is 1.99. The van der Waals surface area contributed by atoms with Crippen LogP contribution >= 0.6 is 30.9 Å². The van der Waals surface area contributed by atoms with E-state index in [0.29, 0.717) is 0 Å². The summed E-state index contributed by atoms with van der Waals surface area (Å²) in [6.07, 6.45) is 0. The molecule has 0 saturated carbocycles. The Morgan fingerprint density at radius 2 is 2.27 bits per heavy atom. The molecule has 0 aromatic carbocycles. The van der Waals surface area contributed by atoms with Gasteiger partial charge in [-0.2, -0.15) is 9.06 Å². The summed E-state index contributed by atoms with van der Waals surface area (Å²) >= 11 is 10.3. The van der Waals surface area contributed by atoms with Crippen LogP contribution < -0.4 is 0 Å². The first kappa shape index (κ1) is 15.1. The SMILES string of the molecule is CCOP(=O)(ON=C(F)Cl)N(C)CCCl. The van der Waals surface area contributed by atoms with Crippen LogP contribution in [0.3, 0.4) is 0 Å². The fourth-order valence-corrected chi connectivity index (χ4v) is 2.34. The van der Waals surface area contributed by atoms with Gasteiger partial charge in [-0.1, -0.05) is 0 Å². The molecule has 15 heavy (non-hydrogen) atoms. The van der Waals surface area contributed by atoms with E-state index in [1.165, 1.54) is 11.7 Å². The lowest BCUT2D eigenvalue weighted by Gasteiger charge is -2.22. The molecule has 1 atom stereocenters. The molecule has 9 heteroatoms. The van der Waals surface area contributed by atoms with Crippen molar-refractivity contribution in [2.75, 3.05) is 26.1 Å². The van der Waals surface area contributed by atoms with Crippen molar-refractivity contribution in [3.63, 3.8) is 0 Å². The summed E-state index contributed by atoms with van der Waals surface area (Å²) in [5.41, 5.74) is -1.35. The Morgan fingerprint density at radius 1 is 1.67 bits per heavy atom. The normalized spacial score (nSPS) is 16.5. The quantitative estimate of drug-likeness (QED) is 0.311. The summed E-state index contributed by atoms with van der Waals surface area (Å²) < 4.78 is 34.5. The van der Waals surface area contributed by atoms with Gasteiger partial charge in [0.25, 0.3) is 0 Å². The van der Waals surface area contributed by atoms with Gasteiger partial charge in [0.15, 0.2) is 0 Å². The molecule has 0 saturated heterocycles. The molecule has 0 N–H and O–H groups in total. The standard InChI is InChI=1S/C6H12Cl2FN2O3P/c1-3-13-15(12,11(2)5-4-7)14-10-6(8)9/h3-5H2,1-2H3. The molecule has 0 fully saturated rings. The Morgan fingerprint density at radius 3 is 2.67 bits per heavy atom. The third kappa shape index (κ3) is 5.68. The van der Waals surface area contributed by atoms with Crippen molar-refractivity contribution in [1.82, 2.24) is 4.67 Å². The molecule has 0 radical (unpaired) electrons. The molecule has 1 unspecified atom stereocenters. The molecule has 0 aromatic heterocycles. The van der Waals surface area contributed by atoms with E-state index >= 15 is 0 Å². The van der Waals surface area contributed by atoms with Crippen molar-refractivity contribution >= 4 is 36.4 Å². The molecule has 0 aromatic rings. The van der Waals surface area contributed by atoms with Crippen LogP contribution in [0.1, 0.15) is 6.92 Å². The second-order valence-corrected chi connectivity index (χ2v) is 5.10. The van der Waals surface area contributed by atoms with Crippen LogP contribution in [0.5, 0.6) is 0 Å². The molecule has 0 amide bonds. The van der Waals surface area contributed by atoms with E-state index in [0.717, 1.165) is 0 Å². The van der Waals surface area contributed by atoms with Crippen LogP contribution in [0.15, 0.2) is 5.16 Å². The Kier molecular flexibility index (Phi) is 7.48. The van der Waals surface area contributed by atoms with Gasteiger partial charge in [-0.05, 0) is 30.7 Å². The molecule has 0 aliphatic heterocycles. The van der Waals surface area contributed by atoms with Crippen molar-refractivity contribution in [2.45, 2.75) is 6.92 Å². The molecule has 0 heterocycles. The minimum atomic E-state index is -3.64. The third-order valence-electron chi connectivity index (χ3n) is 1.33. The average Bonchev–Trinajstić information content (AvgIpc) is 2.15. The van der Waals surface area contributed by atoms with Gasteiger partial charge in [-0.25, -0.2) is 4.57 Å². The van der Waals surface area contributed by atoms with Gasteiger partial charge < -0.3 is 0 Å². The monoisotopic (exact) mass is 280 g/mol. The van der Waals surface area contributed by atoms with E-state index in [4.69, 9.17) is 27.7 Å². The van der Waals surface area contributed by atoms with Crippen molar-refractivity contribution < 1.29 is 18.1 Å². The topological polar surface area (TPSA) is 51.1 Å². The van der Waals surface area contributed by atoms with E-state index in [1.807, 2.05) is 0 Å². The highest BCUT2D eigenvalue weighted by Crippen LogP contribution is 2.51. The Labute approximate surface area is 97.7 Å².